The number of aliphatic imine (C=N–C) groups is 1. The highest BCUT2D eigenvalue weighted by molar-refractivity contribution is 8.18. The summed E-state index contributed by atoms with van der Waals surface area (Å²) >= 11 is 1.11. The summed E-state index contributed by atoms with van der Waals surface area (Å²) in [6.45, 7) is 3.86. The Morgan fingerprint density at radius 3 is 2.85 bits per heavy atom. The van der Waals surface area contributed by atoms with Gasteiger partial charge in [-0.2, -0.15) is 0 Å². The fourth-order valence-corrected chi connectivity index (χ4v) is 3.26. The third-order valence-corrected chi connectivity index (χ3v) is 4.45. The van der Waals surface area contributed by atoms with Gasteiger partial charge in [-0.25, -0.2) is 9.79 Å². The predicted octanol–water partition coefficient (Wildman–Crippen LogP) is 3.47. The molecule has 1 saturated heterocycles. The molecule has 0 saturated carbocycles. The number of phenolic OH excluding ortho intramolecular Hbond substituents is 1. The van der Waals surface area contributed by atoms with Gasteiger partial charge in [-0.3, -0.25) is 9.69 Å². The highest BCUT2D eigenvalue weighted by Crippen LogP contribution is 2.35. The van der Waals surface area contributed by atoms with Crippen molar-refractivity contribution in [3.63, 3.8) is 0 Å². The van der Waals surface area contributed by atoms with Gasteiger partial charge in [0.2, 0.25) is 0 Å². The standard InChI is InChI=1S/C18H14N2O5S/c1-2-7-20-16(22)15(10-12-4-3-8-25-12)26-18(20)19-14-6-5-11(21)9-13(14)17(23)24/h2-6,8-10,21H,1,7H2,(H,23,24)/b15-10-,19-18?. The van der Waals surface area contributed by atoms with E-state index in [0.717, 1.165) is 17.8 Å². The van der Waals surface area contributed by atoms with Crippen molar-refractivity contribution in [2.75, 3.05) is 6.54 Å². The van der Waals surface area contributed by atoms with Crippen molar-refractivity contribution in [1.29, 1.82) is 0 Å². The number of carbonyl (C=O) groups excluding carboxylic acids is 1. The van der Waals surface area contributed by atoms with Crippen LogP contribution in [0.3, 0.4) is 0 Å². The number of aromatic hydroxyl groups is 1. The van der Waals surface area contributed by atoms with Crippen LogP contribution in [0.25, 0.3) is 6.08 Å². The quantitative estimate of drug-likeness (QED) is 0.617. The maximum absolute atomic E-state index is 12.6. The smallest absolute Gasteiger partial charge is 0.338 e. The Labute approximate surface area is 153 Å². The summed E-state index contributed by atoms with van der Waals surface area (Å²) in [5.74, 6) is -1.16. The van der Waals surface area contributed by atoms with Crippen LogP contribution in [0.15, 0.2) is 63.6 Å². The minimum atomic E-state index is -1.23. The summed E-state index contributed by atoms with van der Waals surface area (Å²) < 4.78 is 5.23. The molecule has 1 fully saturated rings. The van der Waals surface area contributed by atoms with E-state index in [2.05, 4.69) is 11.6 Å². The zero-order valence-corrected chi connectivity index (χ0v) is 14.3. The van der Waals surface area contributed by atoms with Crippen LogP contribution >= 0.6 is 11.8 Å². The number of carboxylic acids is 1. The first-order chi connectivity index (χ1) is 12.5. The molecule has 1 aliphatic heterocycles. The summed E-state index contributed by atoms with van der Waals surface area (Å²) in [7, 11) is 0. The number of phenols is 1. The maximum atomic E-state index is 12.6. The van der Waals surface area contributed by atoms with Crippen LogP contribution in [-0.4, -0.2) is 38.7 Å². The third kappa shape index (κ3) is 3.55. The average Bonchev–Trinajstić information content (AvgIpc) is 3.21. The minimum Gasteiger partial charge on any atom is -0.508 e. The first-order valence-corrected chi connectivity index (χ1v) is 8.32. The average molecular weight is 370 g/mol. The number of furan rings is 1. The lowest BCUT2D eigenvalue weighted by Crippen LogP contribution is -2.29. The molecule has 0 radical (unpaired) electrons. The Morgan fingerprint density at radius 1 is 1.38 bits per heavy atom. The molecule has 2 heterocycles. The fourth-order valence-electron chi connectivity index (χ4n) is 2.28. The Balaban J connectivity index is 2.03. The van der Waals surface area contributed by atoms with E-state index in [0.29, 0.717) is 15.8 Å². The minimum absolute atomic E-state index is 0.138. The lowest BCUT2D eigenvalue weighted by Gasteiger charge is -2.13. The molecule has 2 aromatic rings. The SMILES string of the molecule is C=CCN1C(=O)/C(=C/c2ccco2)SC1=Nc1ccc(O)cc1C(=O)O. The lowest BCUT2D eigenvalue weighted by atomic mass is 10.2. The molecular weight excluding hydrogens is 356 g/mol. The predicted molar refractivity (Wildman–Crippen MR) is 98.3 cm³/mol. The number of amides is 1. The van der Waals surface area contributed by atoms with Gasteiger partial charge in [0.05, 0.1) is 22.4 Å². The summed E-state index contributed by atoms with van der Waals surface area (Å²) in [5, 5.41) is 19.1. The molecule has 1 aliphatic rings. The molecule has 132 valence electrons. The van der Waals surface area contributed by atoms with E-state index in [9.17, 15) is 19.8 Å². The Bertz CT molecular complexity index is 931. The number of aromatic carboxylic acids is 1. The van der Waals surface area contributed by atoms with Gasteiger partial charge in [-0.1, -0.05) is 6.08 Å². The van der Waals surface area contributed by atoms with Crippen molar-refractivity contribution in [3.8, 4) is 5.75 Å². The second kappa shape index (κ2) is 7.32. The summed E-state index contributed by atoms with van der Waals surface area (Å²) in [4.78, 5) is 30.1. The van der Waals surface area contributed by atoms with Crippen LogP contribution in [0.5, 0.6) is 5.75 Å². The van der Waals surface area contributed by atoms with E-state index in [1.165, 1.54) is 23.3 Å². The molecule has 0 aliphatic carbocycles. The van der Waals surface area contributed by atoms with Crippen LogP contribution in [0.4, 0.5) is 5.69 Å². The van der Waals surface area contributed by atoms with Crippen molar-refractivity contribution in [2.45, 2.75) is 0 Å². The van der Waals surface area contributed by atoms with Crippen LogP contribution in [0.1, 0.15) is 16.1 Å². The number of carbonyl (C=O) groups is 2. The van der Waals surface area contributed by atoms with Crippen LogP contribution in [-0.2, 0) is 4.79 Å². The summed E-state index contributed by atoms with van der Waals surface area (Å²) in [5.41, 5.74) is -0.0218. The second-order valence-electron chi connectivity index (χ2n) is 5.23. The number of carboxylic acid groups (broad SMARTS) is 1. The van der Waals surface area contributed by atoms with E-state index in [1.807, 2.05) is 0 Å². The van der Waals surface area contributed by atoms with Gasteiger partial charge in [0, 0.05) is 12.6 Å². The molecule has 8 heteroatoms. The molecular formula is C18H14N2O5S. The highest BCUT2D eigenvalue weighted by Gasteiger charge is 2.33. The molecule has 2 N–H and O–H groups in total. The molecule has 1 aromatic heterocycles. The monoisotopic (exact) mass is 370 g/mol. The van der Waals surface area contributed by atoms with Crippen LogP contribution in [0.2, 0.25) is 0 Å². The lowest BCUT2D eigenvalue weighted by molar-refractivity contribution is -0.121. The van der Waals surface area contributed by atoms with Crippen molar-refractivity contribution in [1.82, 2.24) is 4.90 Å². The van der Waals surface area contributed by atoms with E-state index < -0.39 is 5.97 Å². The van der Waals surface area contributed by atoms with Gasteiger partial charge in [-0.15, -0.1) is 6.58 Å². The number of rotatable bonds is 5. The van der Waals surface area contributed by atoms with Gasteiger partial charge < -0.3 is 14.6 Å². The highest BCUT2D eigenvalue weighted by atomic mass is 32.2. The zero-order chi connectivity index (χ0) is 18.7. The maximum Gasteiger partial charge on any atom is 0.338 e. The molecule has 0 spiro atoms. The van der Waals surface area contributed by atoms with E-state index >= 15 is 0 Å². The second-order valence-corrected chi connectivity index (χ2v) is 6.24. The topological polar surface area (TPSA) is 103 Å². The van der Waals surface area contributed by atoms with Crippen molar-refractivity contribution < 1.29 is 24.2 Å². The molecule has 0 atom stereocenters. The number of amidine groups is 1. The molecule has 0 unspecified atom stereocenters. The molecule has 7 nitrogen and oxygen atoms in total. The first kappa shape index (κ1) is 17.6. The summed E-state index contributed by atoms with van der Waals surface area (Å²) in [6.07, 6.45) is 4.65. The molecule has 3 rings (SSSR count). The van der Waals surface area contributed by atoms with Gasteiger partial charge in [0.25, 0.3) is 5.91 Å². The fraction of sp³-hybridized carbons (Fsp3) is 0.0556. The largest absolute Gasteiger partial charge is 0.508 e. The number of thioether (sulfide) groups is 1. The van der Waals surface area contributed by atoms with Gasteiger partial charge in [-0.05, 0) is 42.1 Å². The summed E-state index contributed by atoms with van der Waals surface area (Å²) in [6, 6.07) is 7.27. The third-order valence-electron chi connectivity index (χ3n) is 3.44. The Morgan fingerprint density at radius 2 is 2.19 bits per heavy atom. The van der Waals surface area contributed by atoms with Crippen molar-refractivity contribution in [2.24, 2.45) is 4.99 Å². The Hall–Kier alpha value is -3.26. The molecule has 1 amide bonds. The Kier molecular flexibility index (Phi) is 4.94. The van der Waals surface area contributed by atoms with Crippen LogP contribution < -0.4 is 0 Å². The number of hydrogen-bond acceptors (Lipinski definition) is 6. The van der Waals surface area contributed by atoms with Crippen molar-refractivity contribution >= 4 is 40.6 Å². The van der Waals surface area contributed by atoms with E-state index in [1.54, 1.807) is 24.3 Å². The van der Waals surface area contributed by atoms with E-state index in [-0.39, 0.29) is 29.5 Å². The molecule has 0 bridgehead atoms. The number of hydrogen-bond donors (Lipinski definition) is 2. The van der Waals surface area contributed by atoms with E-state index in [4.69, 9.17) is 4.42 Å². The first-order valence-electron chi connectivity index (χ1n) is 7.50. The normalized spacial score (nSPS) is 17.2. The van der Waals surface area contributed by atoms with Gasteiger partial charge in [0.15, 0.2) is 5.17 Å². The zero-order valence-electron chi connectivity index (χ0n) is 13.5. The number of benzene rings is 1. The number of nitrogens with zero attached hydrogens (tertiary/aromatic N) is 2. The van der Waals surface area contributed by atoms with Gasteiger partial charge >= 0.3 is 5.97 Å². The van der Waals surface area contributed by atoms with Gasteiger partial charge in [0.1, 0.15) is 11.5 Å². The van der Waals surface area contributed by atoms with Crippen molar-refractivity contribution in [3.05, 3.63) is 65.5 Å². The molecule has 26 heavy (non-hydrogen) atoms. The van der Waals surface area contributed by atoms with Crippen LogP contribution in [0, 0.1) is 0 Å². The molecule has 1 aromatic carbocycles.